The predicted octanol–water partition coefficient (Wildman–Crippen LogP) is 9.47. The number of anilines is 1. The van der Waals surface area contributed by atoms with Crippen molar-refractivity contribution >= 4 is 23.4 Å². The molecule has 1 aliphatic heterocycles. The molecule has 1 aliphatic rings. The highest BCUT2D eigenvalue weighted by Crippen LogP contribution is 2.28. The molecular weight excluding hydrogens is 548 g/mol. The van der Waals surface area contributed by atoms with Crippen molar-refractivity contribution < 1.29 is 14.4 Å². The molecule has 1 aromatic rings. The van der Waals surface area contributed by atoms with Crippen molar-refractivity contribution in [2.45, 2.75) is 174 Å². The van der Waals surface area contributed by atoms with Gasteiger partial charge in [-0.1, -0.05) is 135 Å². The monoisotopic (exact) mass is 615 g/mol. The van der Waals surface area contributed by atoms with E-state index in [-0.39, 0.29) is 23.5 Å². The van der Waals surface area contributed by atoms with Gasteiger partial charge in [-0.2, -0.15) is 0 Å². The van der Waals surface area contributed by atoms with E-state index in [0.29, 0.717) is 30.8 Å². The van der Waals surface area contributed by atoms with E-state index >= 15 is 0 Å². The second-order valence-corrected chi connectivity index (χ2v) is 13.4. The Morgan fingerprint density at radius 2 is 1.25 bits per heavy atom. The third-order valence-electron chi connectivity index (χ3n) is 9.46. The summed E-state index contributed by atoms with van der Waals surface area (Å²) in [5.41, 5.74) is 0.542. The zero-order valence-corrected chi connectivity index (χ0v) is 28.8. The van der Waals surface area contributed by atoms with Crippen LogP contribution in [0, 0.1) is 5.92 Å². The number of fused-ring (bicyclic) bond motifs is 1. The van der Waals surface area contributed by atoms with Gasteiger partial charge in [0.1, 0.15) is 5.69 Å². The van der Waals surface area contributed by atoms with E-state index in [2.05, 4.69) is 17.2 Å². The molecule has 0 aliphatic carbocycles. The fourth-order valence-corrected chi connectivity index (χ4v) is 6.55. The summed E-state index contributed by atoms with van der Waals surface area (Å²) in [6.45, 7) is 3.11. The SMILES string of the molecule is CCCCCCCCCCCCCCCCNC(=O)CCCCCCCCCCC1CCC(=O)c2c(ncn2C)N(C)C1=O. The number of carbonyl (C=O) groups excluding carboxylic acids is 3. The first-order valence-corrected chi connectivity index (χ1v) is 18.5. The lowest BCUT2D eigenvalue weighted by Gasteiger charge is -2.25. The molecule has 2 amide bonds. The van der Waals surface area contributed by atoms with E-state index in [0.717, 1.165) is 45.1 Å². The van der Waals surface area contributed by atoms with Crippen molar-refractivity contribution in [3.63, 3.8) is 0 Å². The fraction of sp³-hybridized carbons (Fsp3) is 0.838. The van der Waals surface area contributed by atoms with Crippen molar-refractivity contribution in [2.75, 3.05) is 18.5 Å². The second kappa shape index (κ2) is 24.1. The molecule has 0 aromatic carbocycles. The number of nitrogens with zero attached hydrogens (tertiary/aromatic N) is 3. The molecule has 1 atom stereocenters. The van der Waals surface area contributed by atoms with Crippen LogP contribution in [0.2, 0.25) is 0 Å². The molecule has 1 N–H and O–H groups in total. The summed E-state index contributed by atoms with van der Waals surface area (Å²) in [6, 6.07) is 0. The van der Waals surface area contributed by atoms with E-state index in [1.54, 1.807) is 29.9 Å². The maximum absolute atomic E-state index is 13.0. The number of imidazole rings is 1. The molecule has 1 unspecified atom stereocenters. The molecule has 0 saturated heterocycles. The maximum atomic E-state index is 13.0. The van der Waals surface area contributed by atoms with Gasteiger partial charge in [0.15, 0.2) is 11.6 Å². The van der Waals surface area contributed by atoms with E-state index in [9.17, 15) is 14.4 Å². The minimum Gasteiger partial charge on any atom is -0.356 e. The van der Waals surface area contributed by atoms with Crippen molar-refractivity contribution in [1.82, 2.24) is 14.9 Å². The van der Waals surface area contributed by atoms with Crippen LogP contribution >= 0.6 is 0 Å². The zero-order valence-electron chi connectivity index (χ0n) is 28.8. The van der Waals surface area contributed by atoms with Crippen LogP contribution in [0.4, 0.5) is 5.82 Å². The number of carbonyl (C=O) groups is 3. The van der Waals surface area contributed by atoms with Crippen molar-refractivity contribution in [2.24, 2.45) is 13.0 Å². The van der Waals surface area contributed by atoms with Gasteiger partial charge < -0.3 is 9.88 Å². The lowest BCUT2D eigenvalue weighted by atomic mass is 9.91. The molecule has 0 bridgehead atoms. The first-order chi connectivity index (χ1) is 21.5. The predicted molar refractivity (Wildman–Crippen MR) is 183 cm³/mol. The number of unbranched alkanes of at least 4 members (excludes halogenated alkanes) is 20. The summed E-state index contributed by atoms with van der Waals surface area (Å²) in [6.07, 6.45) is 32.2. The van der Waals surface area contributed by atoms with Gasteiger partial charge in [0.05, 0.1) is 6.33 Å². The summed E-state index contributed by atoms with van der Waals surface area (Å²) < 4.78 is 1.72. The number of nitrogens with one attached hydrogen (secondary N) is 1. The Morgan fingerprint density at radius 1 is 0.750 bits per heavy atom. The van der Waals surface area contributed by atoms with E-state index in [1.807, 2.05) is 0 Å². The largest absolute Gasteiger partial charge is 0.356 e. The van der Waals surface area contributed by atoms with Gasteiger partial charge in [-0.3, -0.25) is 19.3 Å². The number of amides is 2. The van der Waals surface area contributed by atoms with Crippen molar-refractivity contribution in [3.8, 4) is 0 Å². The first-order valence-electron chi connectivity index (χ1n) is 18.5. The summed E-state index contributed by atoms with van der Waals surface area (Å²) in [7, 11) is 3.55. The molecule has 252 valence electrons. The van der Waals surface area contributed by atoms with Crippen LogP contribution in [0.25, 0.3) is 0 Å². The van der Waals surface area contributed by atoms with Crippen LogP contribution in [-0.4, -0.2) is 40.7 Å². The minimum atomic E-state index is -0.0976. The van der Waals surface area contributed by atoms with Crippen LogP contribution < -0.4 is 10.2 Å². The zero-order chi connectivity index (χ0) is 31.8. The molecule has 0 saturated carbocycles. The van der Waals surface area contributed by atoms with Crippen LogP contribution in [-0.2, 0) is 16.6 Å². The van der Waals surface area contributed by atoms with Crippen LogP contribution in [0.5, 0.6) is 0 Å². The molecule has 0 spiro atoms. The highest BCUT2D eigenvalue weighted by Gasteiger charge is 2.31. The topological polar surface area (TPSA) is 84.3 Å². The molecule has 2 heterocycles. The fourth-order valence-electron chi connectivity index (χ4n) is 6.55. The average molecular weight is 615 g/mol. The third kappa shape index (κ3) is 15.7. The lowest BCUT2D eigenvalue weighted by molar-refractivity contribution is -0.123. The molecule has 7 heteroatoms. The Kier molecular flexibility index (Phi) is 20.8. The quantitative estimate of drug-likeness (QED) is 0.105. The van der Waals surface area contributed by atoms with Crippen molar-refractivity contribution in [1.29, 1.82) is 0 Å². The van der Waals surface area contributed by atoms with Crippen LogP contribution in [0.3, 0.4) is 0 Å². The molecule has 7 nitrogen and oxygen atoms in total. The number of ketones is 1. The van der Waals surface area contributed by atoms with E-state index < -0.39 is 0 Å². The number of rotatable bonds is 26. The average Bonchev–Trinajstić information content (AvgIpc) is 3.41. The molecule has 44 heavy (non-hydrogen) atoms. The summed E-state index contributed by atoms with van der Waals surface area (Å²) in [4.78, 5) is 43.6. The second-order valence-electron chi connectivity index (χ2n) is 13.4. The Balaban J connectivity index is 1.34. The van der Waals surface area contributed by atoms with Gasteiger partial charge in [-0.25, -0.2) is 4.98 Å². The first kappa shape index (κ1) is 38.0. The number of aryl methyl sites for hydroxylation is 1. The van der Waals surface area contributed by atoms with Gasteiger partial charge in [0.25, 0.3) is 0 Å². The standard InChI is InChI=1S/C37H66N4O3/c1-4-5-6-7-8-9-10-11-12-13-16-19-22-25-30-38-34(43)27-24-21-18-15-14-17-20-23-26-32-28-29-33(42)35-36(39-31-40(35)2)41(3)37(32)44/h31-32H,4-30H2,1-3H3,(H,38,43). The van der Waals surface area contributed by atoms with E-state index in [1.165, 1.54) is 109 Å². The van der Waals surface area contributed by atoms with Crippen LogP contribution in [0.15, 0.2) is 6.33 Å². The maximum Gasteiger partial charge on any atom is 0.231 e. The van der Waals surface area contributed by atoms with Gasteiger partial charge in [0, 0.05) is 39.4 Å². The van der Waals surface area contributed by atoms with Gasteiger partial charge in [-0.15, -0.1) is 0 Å². The normalized spacial score (nSPS) is 15.3. The molecule has 1 aromatic heterocycles. The smallest absolute Gasteiger partial charge is 0.231 e. The van der Waals surface area contributed by atoms with Crippen LogP contribution in [0.1, 0.15) is 184 Å². The number of hydrogen-bond donors (Lipinski definition) is 1. The number of hydrogen-bond acceptors (Lipinski definition) is 4. The third-order valence-corrected chi connectivity index (χ3v) is 9.46. The van der Waals surface area contributed by atoms with Gasteiger partial charge in [0.2, 0.25) is 11.8 Å². The highest BCUT2D eigenvalue weighted by molar-refractivity contribution is 6.05. The van der Waals surface area contributed by atoms with Gasteiger partial charge in [-0.05, 0) is 25.7 Å². The summed E-state index contributed by atoms with van der Waals surface area (Å²) in [5.74, 6) is 0.775. The lowest BCUT2D eigenvalue weighted by Crippen LogP contribution is -2.36. The van der Waals surface area contributed by atoms with Crippen molar-refractivity contribution in [3.05, 3.63) is 12.0 Å². The summed E-state index contributed by atoms with van der Waals surface area (Å²) in [5, 5.41) is 3.11. The molecular formula is C37H66N4O3. The Bertz CT molecular complexity index is 928. The Labute approximate surface area is 269 Å². The Hall–Kier alpha value is -2.18. The minimum absolute atomic E-state index is 0.0758. The number of aromatic nitrogens is 2. The molecule has 0 fully saturated rings. The molecule has 0 radical (unpaired) electrons. The summed E-state index contributed by atoms with van der Waals surface area (Å²) >= 11 is 0. The highest BCUT2D eigenvalue weighted by atomic mass is 16.2. The van der Waals surface area contributed by atoms with Gasteiger partial charge >= 0.3 is 0 Å². The molecule has 2 rings (SSSR count). The Morgan fingerprint density at radius 3 is 1.82 bits per heavy atom. The number of Topliss-reactive ketones (excluding diaryl/α,β-unsaturated/α-hetero) is 1. The van der Waals surface area contributed by atoms with E-state index in [4.69, 9.17) is 0 Å².